The molecule has 8 heteroatoms. The van der Waals surface area contributed by atoms with Crippen molar-refractivity contribution in [1.29, 1.82) is 0 Å². The van der Waals surface area contributed by atoms with Gasteiger partial charge < -0.3 is 10.1 Å². The van der Waals surface area contributed by atoms with Crippen LogP contribution >= 0.6 is 15.9 Å². The molecule has 0 aliphatic heterocycles. The van der Waals surface area contributed by atoms with Crippen molar-refractivity contribution in [3.05, 3.63) is 18.2 Å². The summed E-state index contributed by atoms with van der Waals surface area (Å²) in [5.74, 6) is 1.83. The second-order valence-electron chi connectivity index (χ2n) is 9.79. The average Bonchev–Trinajstić information content (AvgIpc) is 2.66. The Kier molecular flexibility index (Phi) is 6.20. The van der Waals surface area contributed by atoms with E-state index in [2.05, 4.69) is 21.2 Å². The van der Waals surface area contributed by atoms with Gasteiger partial charge in [0.25, 0.3) is 0 Å². The summed E-state index contributed by atoms with van der Waals surface area (Å²) in [6.45, 7) is 4.42. The van der Waals surface area contributed by atoms with Crippen LogP contribution in [0.5, 0.6) is 5.75 Å². The van der Waals surface area contributed by atoms with Gasteiger partial charge in [-0.2, -0.15) is 4.31 Å². The van der Waals surface area contributed by atoms with Gasteiger partial charge in [0, 0.05) is 23.8 Å². The van der Waals surface area contributed by atoms with Crippen molar-refractivity contribution >= 4 is 37.5 Å². The van der Waals surface area contributed by atoms with Gasteiger partial charge in [-0.3, -0.25) is 4.79 Å². The first kappa shape index (κ1) is 23.1. The summed E-state index contributed by atoms with van der Waals surface area (Å²) in [7, 11) is -2.09. The molecule has 31 heavy (non-hydrogen) atoms. The lowest BCUT2D eigenvalue weighted by molar-refractivity contribution is -0.123. The lowest BCUT2D eigenvalue weighted by Gasteiger charge is -2.60. The minimum Gasteiger partial charge on any atom is -0.495 e. The minimum atomic E-state index is -3.62. The van der Waals surface area contributed by atoms with Gasteiger partial charge in [0.1, 0.15) is 5.75 Å². The van der Waals surface area contributed by atoms with E-state index in [1.54, 1.807) is 6.07 Å². The fraction of sp³-hybridized carbons (Fsp3) is 0.696. The molecule has 1 amide bonds. The molecule has 4 bridgehead atoms. The van der Waals surface area contributed by atoms with Crippen molar-refractivity contribution < 1.29 is 17.9 Å². The molecule has 4 aliphatic rings. The lowest BCUT2D eigenvalue weighted by atomic mass is 9.48. The van der Waals surface area contributed by atoms with Crippen LogP contribution in [0.25, 0.3) is 0 Å². The lowest BCUT2D eigenvalue weighted by Crippen LogP contribution is -2.53. The van der Waals surface area contributed by atoms with Crippen molar-refractivity contribution in [2.75, 3.05) is 25.5 Å². The smallest absolute Gasteiger partial charge is 0.243 e. The SMILES string of the molecule is CCN(CC)S(=O)(=O)c1ccc(OC)c(NC(=O)CC23C[C@H]4C[C@@H](CC(Br)(C4)C2)C3)c1. The monoisotopic (exact) mass is 512 g/mol. The van der Waals surface area contributed by atoms with Crippen LogP contribution in [-0.4, -0.2) is 43.2 Å². The summed E-state index contributed by atoms with van der Waals surface area (Å²) in [6, 6.07) is 4.68. The van der Waals surface area contributed by atoms with E-state index in [0.29, 0.717) is 42.8 Å². The predicted octanol–water partition coefficient (Wildman–Crippen LogP) is 4.79. The van der Waals surface area contributed by atoms with Crippen LogP contribution in [0.1, 0.15) is 58.8 Å². The minimum absolute atomic E-state index is 0.0514. The number of carbonyl (C=O) groups is 1. The number of anilines is 1. The number of methoxy groups -OCH3 is 1. The largest absolute Gasteiger partial charge is 0.495 e. The van der Waals surface area contributed by atoms with Crippen molar-refractivity contribution in [2.45, 2.75) is 68.0 Å². The number of alkyl halides is 1. The second kappa shape index (κ2) is 8.34. The molecule has 0 saturated heterocycles. The quantitative estimate of drug-likeness (QED) is 0.508. The van der Waals surface area contributed by atoms with Crippen molar-refractivity contribution in [3.8, 4) is 5.75 Å². The first-order chi connectivity index (χ1) is 14.6. The third-order valence-electron chi connectivity index (χ3n) is 7.43. The first-order valence-electron chi connectivity index (χ1n) is 11.3. The van der Waals surface area contributed by atoms with E-state index < -0.39 is 10.0 Å². The normalized spacial score (nSPS) is 31.8. The molecule has 5 rings (SSSR count). The zero-order valence-corrected chi connectivity index (χ0v) is 21.0. The second-order valence-corrected chi connectivity index (χ2v) is 13.4. The highest BCUT2D eigenvalue weighted by Gasteiger charge is 2.57. The van der Waals surface area contributed by atoms with Gasteiger partial charge in [-0.15, -0.1) is 0 Å². The van der Waals surface area contributed by atoms with E-state index >= 15 is 0 Å². The number of nitrogens with zero attached hydrogens (tertiary/aromatic N) is 1. The molecule has 1 aromatic rings. The molecule has 1 N–H and O–H groups in total. The Morgan fingerprint density at radius 2 is 1.84 bits per heavy atom. The Morgan fingerprint density at radius 1 is 1.19 bits per heavy atom. The van der Waals surface area contributed by atoms with Crippen LogP contribution in [-0.2, 0) is 14.8 Å². The number of halogens is 1. The maximum absolute atomic E-state index is 13.1. The molecule has 0 radical (unpaired) electrons. The maximum atomic E-state index is 13.1. The number of amides is 1. The summed E-state index contributed by atoms with van der Waals surface area (Å²) in [5, 5.41) is 2.97. The number of nitrogens with one attached hydrogen (secondary N) is 1. The third-order valence-corrected chi connectivity index (χ3v) is 10.4. The summed E-state index contributed by atoms with van der Waals surface area (Å²) >= 11 is 4.01. The van der Waals surface area contributed by atoms with Crippen LogP contribution in [0.2, 0.25) is 0 Å². The Balaban J connectivity index is 1.54. The topological polar surface area (TPSA) is 75.7 Å². The van der Waals surface area contributed by atoms with Gasteiger partial charge in [-0.1, -0.05) is 29.8 Å². The van der Waals surface area contributed by atoms with E-state index in [9.17, 15) is 13.2 Å². The molecule has 0 heterocycles. The van der Waals surface area contributed by atoms with E-state index in [1.807, 2.05) is 13.8 Å². The van der Waals surface area contributed by atoms with Crippen molar-refractivity contribution in [2.24, 2.45) is 17.3 Å². The fourth-order valence-corrected chi connectivity index (χ4v) is 9.73. The fourth-order valence-electron chi connectivity index (χ4n) is 6.74. The molecule has 4 aliphatic carbocycles. The number of hydrogen-bond acceptors (Lipinski definition) is 4. The summed E-state index contributed by atoms with van der Waals surface area (Å²) < 4.78 is 32.9. The molecule has 2 atom stereocenters. The highest BCUT2D eigenvalue weighted by atomic mass is 79.9. The van der Waals surface area contributed by atoms with Gasteiger partial charge in [-0.05, 0) is 74.0 Å². The average molecular weight is 513 g/mol. The molecule has 4 fully saturated rings. The summed E-state index contributed by atoms with van der Waals surface area (Å²) in [6.07, 6.45) is 7.53. The molecule has 0 unspecified atom stereocenters. The van der Waals surface area contributed by atoms with E-state index in [-0.39, 0.29) is 20.5 Å². The molecule has 0 spiro atoms. The van der Waals surface area contributed by atoms with Gasteiger partial charge in [-0.25, -0.2) is 8.42 Å². The molecule has 0 aromatic heterocycles. The van der Waals surface area contributed by atoms with Gasteiger partial charge in [0.2, 0.25) is 15.9 Å². The maximum Gasteiger partial charge on any atom is 0.243 e. The van der Waals surface area contributed by atoms with Crippen molar-refractivity contribution in [3.63, 3.8) is 0 Å². The Bertz CT molecular complexity index is 946. The number of carbonyl (C=O) groups excluding carboxylic acids is 1. The third kappa shape index (κ3) is 4.40. The Labute approximate surface area is 194 Å². The van der Waals surface area contributed by atoms with Crippen LogP contribution in [0.15, 0.2) is 23.1 Å². The standard InChI is InChI=1S/C23H33BrN2O4S/c1-4-26(5-2)31(28,29)18-6-7-20(30-3)19(9-18)25-21(27)14-22-10-16-8-17(11-22)13-23(24,12-16)15-22/h6-7,9,16-17H,4-5,8,10-15H2,1-3H3,(H,25,27)/t16-,17-,22?,23?/m1/s1. The van der Waals surface area contributed by atoms with Gasteiger partial charge in [0.15, 0.2) is 0 Å². The Morgan fingerprint density at radius 3 is 2.39 bits per heavy atom. The zero-order valence-electron chi connectivity index (χ0n) is 18.6. The highest BCUT2D eigenvalue weighted by Crippen LogP contribution is 2.65. The van der Waals surface area contributed by atoms with Gasteiger partial charge in [0.05, 0.1) is 17.7 Å². The summed E-state index contributed by atoms with van der Waals surface area (Å²) in [5.41, 5.74) is 0.467. The van der Waals surface area contributed by atoms with Crippen LogP contribution in [0, 0.1) is 17.3 Å². The molecule has 1 aromatic carbocycles. The van der Waals surface area contributed by atoms with Crippen LogP contribution in [0.4, 0.5) is 5.69 Å². The van der Waals surface area contributed by atoms with E-state index in [4.69, 9.17) is 4.74 Å². The highest BCUT2D eigenvalue weighted by molar-refractivity contribution is 9.10. The number of hydrogen-bond donors (Lipinski definition) is 1. The zero-order chi connectivity index (χ0) is 22.4. The predicted molar refractivity (Wildman–Crippen MR) is 125 cm³/mol. The van der Waals surface area contributed by atoms with Gasteiger partial charge >= 0.3 is 0 Å². The van der Waals surface area contributed by atoms with E-state index in [0.717, 1.165) is 19.3 Å². The Hall–Kier alpha value is -1.12. The molecule has 4 saturated carbocycles. The molecule has 6 nitrogen and oxygen atoms in total. The van der Waals surface area contributed by atoms with E-state index in [1.165, 1.54) is 42.8 Å². The number of benzene rings is 1. The molecular formula is C23H33BrN2O4S. The number of sulfonamides is 1. The van der Waals surface area contributed by atoms with Crippen LogP contribution < -0.4 is 10.1 Å². The number of rotatable bonds is 8. The van der Waals surface area contributed by atoms with Crippen molar-refractivity contribution in [1.82, 2.24) is 4.31 Å². The molecular weight excluding hydrogens is 480 g/mol. The molecule has 172 valence electrons. The first-order valence-corrected chi connectivity index (χ1v) is 13.5. The number of ether oxygens (including phenoxy) is 1. The summed E-state index contributed by atoms with van der Waals surface area (Å²) in [4.78, 5) is 13.3. The van der Waals surface area contributed by atoms with Crippen LogP contribution in [0.3, 0.4) is 0 Å².